The van der Waals surface area contributed by atoms with Gasteiger partial charge >= 0.3 is 0 Å². The quantitative estimate of drug-likeness (QED) is 0.400. The lowest BCUT2D eigenvalue weighted by Gasteiger charge is -2.33. The van der Waals surface area contributed by atoms with E-state index in [0.29, 0.717) is 38.3 Å². The number of ether oxygens (including phenoxy) is 3. The zero-order chi connectivity index (χ0) is 29.3. The van der Waals surface area contributed by atoms with E-state index in [-0.39, 0.29) is 38.0 Å². The normalized spacial score (nSPS) is 18.4. The van der Waals surface area contributed by atoms with Crippen molar-refractivity contribution in [3.8, 4) is 11.5 Å². The van der Waals surface area contributed by atoms with Gasteiger partial charge in [0, 0.05) is 58.0 Å². The van der Waals surface area contributed by atoms with Crippen molar-refractivity contribution in [2.24, 2.45) is 0 Å². The topological polar surface area (TPSA) is 74.7 Å². The maximum absolute atomic E-state index is 13.7. The highest BCUT2D eigenvalue weighted by atomic mass is 19.2. The summed E-state index contributed by atoms with van der Waals surface area (Å²) in [5, 5.41) is 11.5. The maximum atomic E-state index is 13.7. The van der Waals surface area contributed by atoms with Gasteiger partial charge in [0.05, 0.1) is 6.54 Å². The minimum absolute atomic E-state index is 0.0198. The van der Waals surface area contributed by atoms with Gasteiger partial charge in [0.25, 0.3) is 0 Å². The summed E-state index contributed by atoms with van der Waals surface area (Å²) in [6.07, 6.45) is 0. The van der Waals surface area contributed by atoms with Gasteiger partial charge in [0.1, 0.15) is 36.9 Å². The van der Waals surface area contributed by atoms with Gasteiger partial charge in [0.15, 0.2) is 11.6 Å². The molecular formula is C30H43F2N3O5. The van der Waals surface area contributed by atoms with E-state index in [1.807, 2.05) is 29.2 Å². The van der Waals surface area contributed by atoms with E-state index >= 15 is 0 Å². The van der Waals surface area contributed by atoms with E-state index in [2.05, 4.69) is 32.6 Å². The average molecular weight is 564 g/mol. The molecule has 0 spiro atoms. The SMILES string of the molecule is COCC(=O)N1CCN(Cc2ccc(OCCN(C(C)C)C(C)C)cc2)C[C@](O)(COc2ccc(F)c(F)c2)C1. The number of nitrogens with zero attached hydrogens (tertiary/aromatic N) is 3. The Morgan fingerprint density at radius 3 is 2.27 bits per heavy atom. The molecule has 3 rings (SSSR count). The van der Waals surface area contributed by atoms with E-state index in [4.69, 9.17) is 14.2 Å². The second-order valence-corrected chi connectivity index (χ2v) is 11.0. The average Bonchev–Trinajstić information content (AvgIpc) is 3.07. The molecule has 1 fully saturated rings. The summed E-state index contributed by atoms with van der Waals surface area (Å²) < 4.78 is 43.6. The van der Waals surface area contributed by atoms with Crippen LogP contribution in [0.3, 0.4) is 0 Å². The van der Waals surface area contributed by atoms with Gasteiger partial charge in [-0.3, -0.25) is 14.6 Å². The molecule has 0 aliphatic carbocycles. The van der Waals surface area contributed by atoms with Crippen molar-refractivity contribution < 1.29 is 32.9 Å². The van der Waals surface area contributed by atoms with E-state index in [0.717, 1.165) is 30.0 Å². The molecule has 1 N–H and O–H groups in total. The third-order valence-corrected chi connectivity index (χ3v) is 6.98. The van der Waals surface area contributed by atoms with Gasteiger partial charge in [-0.2, -0.15) is 0 Å². The second-order valence-electron chi connectivity index (χ2n) is 11.0. The van der Waals surface area contributed by atoms with E-state index in [1.54, 1.807) is 4.90 Å². The predicted molar refractivity (Wildman–Crippen MR) is 149 cm³/mol. The molecule has 1 heterocycles. The van der Waals surface area contributed by atoms with Crippen LogP contribution >= 0.6 is 0 Å². The molecule has 1 aliphatic rings. The Bertz CT molecular complexity index is 1080. The Balaban J connectivity index is 1.64. The number of carbonyl (C=O) groups excluding carboxylic acids is 1. The van der Waals surface area contributed by atoms with Crippen molar-refractivity contribution in [1.82, 2.24) is 14.7 Å². The monoisotopic (exact) mass is 563 g/mol. The highest BCUT2D eigenvalue weighted by Crippen LogP contribution is 2.22. The lowest BCUT2D eigenvalue weighted by atomic mass is 10.0. The molecule has 1 saturated heterocycles. The summed E-state index contributed by atoms with van der Waals surface area (Å²) in [5.74, 6) is -1.37. The summed E-state index contributed by atoms with van der Waals surface area (Å²) >= 11 is 0. The van der Waals surface area contributed by atoms with Crippen molar-refractivity contribution in [3.05, 3.63) is 59.7 Å². The Labute approximate surface area is 236 Å². The molecule has 0 aromatic heterocycles. The molecule has 0 bridgehead atoms. The highest BCUT2D eigenvalue weighted by molar-refractivity contribution is 5.77. The van der Waals surface area contributed by atoms with Crippen molar-refractivity contribution >= 4 is 5.91 Å². The van der Waals surface area contributed by atoms with Crippen LogP contribution in [0.15, 0.2) is 42.5 Å². The van der Waals surface area contributed by atoms with Crippen LogP contribution in [0.4, 0.5) is 8.78 Å². The summed E-state index contributed by atoms with van der Waals surface area (Å²) in [4.78, 5) is 18.6. The molecule has 1 amide bonds. The largest absolute Gasteiger partial charge is 0.492 e. The van der Waals surface area contributed by atoms with Crippen molar-refractivity contribution in [2.75, 3.05) is 59.7 Å². The number of hydrogen-bond acceptors (Lipinski definition) is 7. The van der Waals surface area contributed by atoms with Crippen LogP contribution in [-0.2, 0) is 16.1 Å². The lowest BCUT2D eigenvalue weighted by molar-refractivity contribution is -0.138. The third-order valence-electron chi connectivity index (χ3n) is 6.98. The van der Waals surface area contributed by atoms with Crippen molar-refractivity contribution in [2.45, 2.75) is 51.9 Å². The van der Waals surface area contributed by atoms with Gasteiger partial charge in [-0.25, -0.2) is 8.78 Å². The van der Waals surface area contributed by atoms with Crippen LogP contribution in [0.2, 0.25) is 0 Å². The second kappa shape index (κ2) is 14.7. The van der Waals surface area contributed by atoms with Gasteiger partial charge < -0.3 is 24.2 Å². The van der Waals surface area contributed by atoms with E-state index in [1.165, 1.54) is 13.2 Å². The first-order chi connectivity index (χ1) is 19.0. The molecule has 1 atom stereocenters. The fraction of sp³-hybridized carbons (Fsp3) is 0.567. The Hall–Kier alpha value is -2.79. The zero-order valence-electron chi connectivity index (χ0n) is 24.2. The highest BCUT2D eigenvalue weighted by Gasteiger charge is 2.37. The number of methoxy groups -OCH3 is 1. The first-order valence-electron chi connectivity index (χ1n) is 13.8. The zero-order valence-corrected chi connectivity index (χ0v) is 24.2. The minimum Gasteiger partial charge on any atom is -0.492 e. The molecule has 222 valence electrons. The molecule has 10 heteroatoms. The number of halogens is 2. The van der Waals surface area contributed by atoms with Gasteiger partial charge in [-0.15, -0.1) is 0 Å². The van der Waals surface area contributed by atoms with E-state index in [9.17, 15) is 18.7 Å². The standard InChI is InChI=1S/C30H43F2N3O5/c1-22(2)35(23(3)4)14-15-39-25-8-6-24(7-9-25)17-33-12-13-34(29(36)18-38-5)20-30(37,19-33)21-40-26-10-11-27(31)28(32)16-26/h6-11,16,22-23,37H,12-15,17-21H2,1-5H3/t30-/m1/s1. The summed E-state index contributed by atoms with van der Waals surface area (Å²) in [6, 6.07) is 12.0. The van der Waals surface area contributed by atoms with Crippen LogP contribution < -0.4 is 9.47 Å². The molecule has 0 radical (unpaired) electrons. The maximum Gasteiger partial charge on any atom is 0.248 e. The predicted octanol–water partition coefficient (Wildman–Crippen LogP) is 3.56. The molecule has 0 saturated carbocycles. The van der Waals surface area contributed by atoms with Crippen LogP contribution in [0.5, 0.6) is 11.5 Å². The van der Waals surface area contributed by atoms with Crippen molar-refractivity contribution in [3.63, 3.8) is 0 Å². The van der Waals surface area contributed by atoms with Gasteiger partial charge in [-0.1, -0.05) is 12.1 Å². The molecule has 2 aromatic carbocycles. The summed E-state index contributed by atoms with van der Waals surface area (Å²) in [7, 11) is 1.44. The number of aliphatic hydroxyl groups is 1. The van der Waals surface area contributed by atoms with Crippen LogP contribution in [-0.4, -0.2) is 103 Å². The summed E-state index contributed by atoms with van der Waals surface area (Å²) in [5.41, 5.74) is -0.425. The smallest absolute Gasteiger partial charge is 0.248 e. The number of carbonyl (C=O) groups is 1. The fourth-order valence-corrected chi connectivity index (χ4v) is 5.01. The number of amides is 1. The fourth-order valence-electron chi connectivity index (χ4n) is 5.01. The molecule has 40 heavy (non-hydrogen) atoms. The third kappa shape index (κ3) is 9.40. The van der Waals surface area contributed by atoms with E-state index < -0.39 is 17.2 Å². The number of rotatable bonds is 13. The molecule has 2 aromatic rings. The van der Waals surface area contributed by atoms with Crippen LogP contribution in [0, 0.1) is 11.6 Å². The van der Waals surface area contributed by atoms with Crippen LogP contribution in [0.1, 0.15) is 33.3 Å². The number of hydrogen-bond donors (Lipinski definition) is 1. The molecule has 1 aliphatic heterocycles. The van der Waals surface area contributed by atoms with Gasteiger partial charge in [0.2, 0.25) is 5.91 Å². The number of β-amino-alcohol motifs (C(OH)–C–C–N with tert-alkyl or cyclic N) is 1. The molecule has 8 nitrogen and oxygen atoms in total. The Kier molecular flexibility index (Phi) is 11.7. The van der Waals surface area contributed by atoms with Crippen LogP contribution in [0.25, 0.3) is 0 Å². The van der Waals surface area contributed by atoms with Gasteiger partial charge in [-0.05, 0) is 57.5 Å². The Morgan fingerprint density at radius 2 is 1.65 bits per heavy atom. The first-order valence-corrected chi connectivity index (χ1v) is 13.8. The lowest BCUT2D eigenvalue weighted by Crippen LogP contribution is -2.52. The minimum atomic E-state index is -1.45. The first kappa shape index (κ1) is 31.7. The number of benzene rings is 2. The molecule has 0 unspecified atom stereocenters. The summed E-state index contributed by atoms with van der Waals surface area (Å²) in [6.45, 7) is 11.6. The molecular weight excluding hydrogens is 520 g/mol. The van der Waals surface area contributed by atoms with Crippen molar-refractivity contribution in [1.29, 1.82) is 0 Å². The Morgan fingerprint density at radius 1 is 0.975 bits per heavy atom.